The Labute approximate surface area is 823 Å². The Kier molecular flexibility index (Phi) is 13.7. The summed E-state index contributed by atoms with van der Waals surface area (Å²) in [6, 6.07) is 105. The molecule has 3 heteroatoms. The molecule has 3 nitrogen and oxygen atoms in total. The lowest BCUT2D eigenvalue weighted by atomic mass is 9.84. The highest BCUT2D eigenvalue weighted by Crippen LogP contribution is 2.53. The molecule has 0 amide bonds. The average molecular weight is 1760 g/mol. The lowest BCUT2D eigenvalue weighted by molar-refractivity contribution is 0.668. The Hall–Kier alpha value is -18.0. The van der Waals surface area contributed by atoms with Gasteiger partial charge in [-0.15, -0.1) is 0 Å². The molecule has 29 rings (SSSR count). The molecular weight excluding hydrogens is 1660 g/mol. The minimum absolute atomic E-state index is 0.165. The molecule has 3 aromatic heterocycles. The zero-order valence-corrected chi connectivity index (χ0v) is 72.7. The number of hydrogen-bond acceptors (Lipinski definition) is 3. The van der Waals surface area contributed by atoms with E-state index in [0.717, 1.165) is 92.6 Å². The third-order valence-corrected chi connectivity index (χ3v) is 26.9. The average Bonchev–Trinajstić information content (AvgIpc) is 1.53. The van der Waals surface area contributed by atoms with E-state index in [-0.39, 0.29) is 137 Å². The van der Waals surface area contributed by atoms with Gasteiger partial charge in [-0.1, -0.05) is 436 Å². The van der Waals surface area contributed by atoms with Crippen molar-refractivity contribution in [3.8, 4) is 100 Å². The van der Waals surface area contributed by atoms with E-state index < -0.39 is 72.5 Å². The maximum atomic E-state index is 9.45. The van der Waals surface area contributed by atoms with Gasteiger partial charge in [0, 0.05) is 32.3 Å². The highest BCUT2D eigenvalue weighted by Gasteiger charge is 2.26. The Morgan fingerprint density at radius 3 is 0.832 bits per heavy atom. The van der Waals surface area contributed by atoms with Gasteiger partial charge in [0.25, 0.3) is 0 Å². The Morgan fingerprint density at radius 1 is 0.131 bits per heavy atom. The minimum Gasteiger partial charge on any atom is -0.456 e. The Morgan fingerprint density at radius 2 is 0.401 bits per heavy atom. The van der Waals surface area contributed by atoms with Crippen LogP contribution in [0.4, 0.5) is 0 Å². The molecule has 0 aliphatic heterocycles. The third kappa shape index (κ3) is 13.1. The van der Waals surface area contributed by atoms with Crippen molar-refractivity contribution < 1.29 is 46.1 Å². The molecule has 0 saturated heterocycles. The van der Waals surface area contributed by atoms with E-state index in [2.05, 4.69) is 97.1 Å². The molecule has 0 radical (unpaired) electrons. The predicted octanol–water partition coefficient (Wildman–Crippen LogP) is 38.4. The lowest BCUT2D eigenvalue weighted by Crippen LogP contribution is -1.92. The van der Waals surface area contributed by atoms with Crippen LogP contribution in [-0.4, -0.2) is 0 Å². The van der Waals surface area contributed by atoms with Crippen LogP contribution in [0, 0.1) is 0 Å². The summed E-state index contributed by atoms with van der Waals surface area (Å²) in [4.78, 5) is 0. The summed E-state index contributed by atoms with van der Waals surface area (Å²) < 4.78 is 237. The van der Waals surface area contributed by atoms with Gasteiger partial charge in [0.2, 0.25) is 0 Å². The molecule has 0 unspecified atom stereocenters. The number of furan rings is 3. The van der Waals surface area contributed by atoms with Crippen molar-refractivity contribution in [2.24, 2.45) is 0 Å². The molecule has 29 aromatic rings. The summed E-state index contributed by atoms with van der Waals surface area (Å²) in [7, 11) is 0. The van der Waals surface area contributed by atoms with Crippen LogP contribution >= 0.6 is 0 Å². The standard InChI is InChI=1S/2C46H28O.C42H26O/c1-2-11-34-30(10-1)22-25-33-28-32(26-27-35(33)34)29-20-23-31(24-21-29)44-36-12-3-5-14-38(36)45(39-15-6-4-13-37(39)44)41-17-9-19-43-46(41)40-16-7-8-18-42(40)47-43;1-2-16-32-30(13-1)28-41(34-18-4-3-17-33(32)34)29-14-11-15-31(27-29)44-35-19-5-7-21-37(35)45(38-22-8-6-20-36(38)44)40-24-12-26-43-46(40)39-23-9-10-25-42(39)47-43;1-2-11-30-26-31(25-22-27(30)10-1)28-20-23-29(24-21-28)40-32-12-3-5-14-34(32)41(35-15-6-4-13-33(35)40)37-17-9-19-39-42(37)36-16-7-8-18-38(36)43-39/h2*1-28H;1-26H/i3D,4D,5D,6D,12D,13D,14D,15D;5D,6D,7D,8D,19D,20D,21D,22D;3D,4D,5D,6D,12D,13D,14D,15D. The second kappa shape index (κ2) is 32.5. The van der Waals surface area contributed by atoms with Gasteiger partial charge >= 0.3 is 0 Å². The topological polar surface area (TPSA) is 39.4 Å². The highest BCUT2D eigenvalue weighted by atomic mass is 16.3. The van der Waals surface area contributed by atoms with Gasteiger partial charge in [0.05, 0.1) is 32.9 Å². The van der Waals surface area contributed by atoms with E-state index >= 15 is 0 Å². The van der Waals surface area contributed by atoms with E-state index in [1.165, 1.54) is 10.8 Å². The van der Waals surface area contributed by atoms with Gasteiger partial charge in [0.15, 0.2) is 0 Å². The van der Waals surface area contributed by atoms with E-state index in [4.69, 9.17) is 29.7 Å². The Bertz CT molecular complexity index is 11300. The molecule has 0 saturated carbocycles. The van der Waals surface area contributed by atoms with Crippen molar-refractivity contribution in [1.29, 1.82) is 0 Å². The second-order valence-corrected chi connectivity index (χ2v) is 34.3. The number of para-hydroxylation sites is 3. The summed E-state index contributed by atoms with van der Waals surface area (Å²) in [5.41, 5.74) is 14.3. The first-order valence-corrected chi connectivity index (χ1v) is 45.2. The smallest absolute Gasteiger partial charge is 0.136 e. The normalized spacial score (nSPS) is 14.2. The molecule has 26 aromatic carbocycles. The zero-order chi connectivity index (χ0) is 111. The van der Waals surface area contributed by atoms with Crippen LogP contribution in [-0.2, 0) is 0 Å². The molecule has 0 N–H and O–H groups in total. The van der Waals surface area contributed by atoms with Gasteiger partial charge in [-0.25, -0.2) is 0 Å². The minimum atomic E-state index is -0.439. The predicted molar refractivity (Wildman–Crippen MR) is 583 cm³/mol. The van der Waals surface area contributed by atoms with Crippen molar-refractivity contribution in [2.45, 2.75) is 0 Å². The van der Waals surface area contributed by atoms with Crippen molar-refractivity contribution in [1.82, 2.24) is 0 Å². The maximum Gasteiger partial charge on any atom is 0.136 e. The monoisotopic (exact) mass is 1760 g/mol. The Balaban J connectivity index is 0.000000116. The molecule has 0 fully saturated rings. The summed E-state index contributed by atoms with van der Waals surface area (Å²) in [5, 5.41) is 17.5. The summed E-state index contributed by atoms with van der Waals surface area (Å²) in [6.07, 6.45) is 0. The molecule has 0 atom stereocenters. The molecule has 0 aliphatic rings. The molecule has 0 aliphatic carbocycles. The maximum absolute atomic E-state index is 9.45. The quantitative estimate of drug-likeness (QED) is 0.107. The fourth-order valence-corrected chi connectivity index (χ4v) is 20.9. The second-order valence-electron chi connectivity index (χ2n) is 34.3. The fourth-order valence-electron chi connectivity index (χ4n) is 20.9. The van der Waals surface area contributed by atoms with Gasteiger partial charge in [-0.3, -0.25) is 0 Å². The molecule has 636 valence electrons. The summed E-state index contributed by atoms with van der Waals surface area (Å²) in [5.74, 6) is 0. The molecule has 3 heterocycles. The van der Waals surface area contributed by atoms with Crippen LogP contribution < -0.4 is 0 Å². The number of hydrogen-bond donors (Lipinski definition) is 0. The van der Waals surface area contributed by atoms with E-state index in [1.54, 1.807) is 18.2 Å². The molecule has 0 bridgehead atoms. The van der Waals surface area contributed by atoms with Crippen LogP contribution in [0.1, 0.15) is 32.9 Å². The van der Waals surface area contributed by atoms with Crippen LogP contribution in [0.5, 0.6) is 0 Å². The van der Waals surface area contributed by atoms with Crippen LogP contribution in [0.3, 0.4) is 0 Å². The first-order chi connectivity index (χ1) is 77.9. The van der Waals surface area contributed by atoms with E-state index in [1.807, 2.05) is 237 Å². The summed E-state index contributed by atoms with van der Waals surface area (Å²) >= 11 is 0. The fraction of sp³-hybridized carbons (Fsp3) is 0. The van der Waals surface area contributed by atoms with Crippen LogP contribution in [0.2, 0.25) is 0 Å². The van der Waals surface area contributed by atoms with E-state index in [0.29, 0.717) is 116 Å². The molecule has 0 spiro atoms. The molecular formula is C134H82O3. The highest BCUT2D eigenvalue weighted by molar-refractivity contribution is 6.30. The number of benzene rings is 26. The van der Waals surface area contributed by atoms with Crippen molar-refractivity contribution in [3.63, 3.8) is 0 Å². The molecule has 137 heavy (non-hydrogen) atoms. The SMILES string of the molecule is [2H]c1c([2H])c([2H])c2c(-c3cccc4oc5ccccc5c34)c3c([2H])c([2H])c([2H])c([2H])c3c(-c3ccc(-c4ccc5c(ccc6ccccc65)c4)cc3)c2c1[2H].[2H]c1c([2H])c([2H])c2c(-c3cccc4oc5ccccc5c34)c3c([2H])c([2H])c([2H])c([2H])c3c(-c3ccc(-c4ccc5ccccc5c4)cc3)c2c1[2H].[2H]c1c([2H])c([2H])c2c(-c3cccc4oc5ccccc5c34)c3c([2H])c([2H])c([2H])c([2H])c3c(-c3cccc(-c4cc5ccccc5c5ccccc45)c3)c2c1[2H]. The number of fused-ring (bicyclic) bond motifs is 22. The largest absolute Gasteiger partial charge is 0.456 e. The first kappa shape index (κ1) is 58.0. The first-order valence-electron chi connectivity index (χ1n) is 57.2. The van der Waals surface area contributed by atoms with Gasteiger partial charge < -0.3 is 13.3 Å². The van der Waals surface area contributed by atoms with Crippen molar-refractivity contribution in [2.75, 3.05) is 0 Å². The zero-order valence-electron chi connectivity index (χ0n) is 96.7. The van der Waals surface area contributed by atoms with Crippen molar-refractivity contribution in [3.05, 3.63) is 497 Å². The van der Waals surface area contributed by atoms with Gasteiger partial charge in [-0.2, -0.15) is 0 Å². The summed E-state index contributed by atoms with van der Waals surface area (Å²) in [6.45, 7) is 0. The van der Waals surface area contributed by atoms with E-state index in [9.17, 15) is 16.4 Å². The van der Waals surface area contributed by atoms with Crippen molar-refractivity contribution >= 4 is 184 Å². The number of rotatable bonds is 9. The van der Waals surface area contributed by atoms with Crippen LogP contribution in [0.25, 0.3) is 284 Å². The lowest BCUT2D eigenvalue weighted by Gasteiger charge is -2.19. The third-order valence-electron chi connectivity index (χ3n) is 26.9. The van der Waals surface area contributed by atoms with Gasteiger partial charge in [0.1, 0.15) is 33.5 Å². The van der Waals surface area contributed by atoms with Gasteiger partial charge in [-0.05, 0) is 279 Å². The van der Waals surface area contributed by atoms with Crippen LogP contribution in [0.15, 0.2) is 510 Å².